The van der Waals surface area contributed by atoms with Gasteiger partial charge in [0.2, 0.25) is 0 Å². The molecule has 7 heteroatoms. The van der Waals surface area contributed by atoms with Gasteiger partial charge in [-0.05, 0) is 26.7 Å². The van der Waals surface area contributed by atoms with Crippen molar-refractivity contribution in [2.75, 3.05) is 0 Å². The fourth-order valence-electron chi connectivity index (χ4n) is 4.45. The first-order chi connectivity index (χ1) is 13.6. The highest BCUT2D eigenvalue weighted by molar-refractivity contribution is 7.50. The lowest BCUT2D eigenvalue weighted by Crippen LogP contribution is -2.54. The first-order valence-electron chi connectivity index (χ1n) is 12.4. The zero-order valence-corrected chi connectivity index (χ0v) is 22.7. The van der Waals surface area contributed by atoms with Crippen molar-refractivity contribution in [3.05, 3.63) is 0 Å². The highest BCUT2D eigenvalue weighted by atomic mass is 31.2. The Morgan fingerprint density at radius 2 is 0.871 bits per heavy atom. The van der Waals surface area contributed by atoms with Crippen LogP contribution in [0.5, 0.6) is 0 Å². The Labute approximate surface area is 193 Å². The van der Waals surface area contributed by atoms with Gasteiger partial charge < -0.3 is 31.8 Å². The van der Waals surface area contributed by atoms with Crippen molar-refractivity contribution in [1.29, 1.82) is 0 Å². The van der Waals surface area contributed by atoms with Crippen molar-refractivity contribution < 1.29 is 19.5 Å². The molecular weight excluding hydrogens is 411 g/mol. The van der Waals surface area contributed by atoms with Crippen LogP contribution in [0.3, 0.4) is 0 Å². The number of unbranched alkanes of at least 4 members (excludes halogenated alkanes) is 14. The Morgan fingerprint density at radius 1 is 0.613 bits per heavy atom. The molecule has 0 aliphatic carbocycles. The molecule has 9 N–H and O–H groups in total. The molecule has 0 rings (SSSR count). The van der Waals surface area contributed by atoms with E-state index in [9.17, 15) is 19.5 Å². The molecule has 6 nitrogen and oxygen atoms in total. The third-order valence-electron chi connectivity index (χ3n) is 6.55. The smallest absolute Gasteiger partial charge is 0.0693 e. The highest BCUT2D eigenvalue weighted by Gasteiger charge is 2.45. The number of aliphatic hydroxyl groups is 1. The molecule has 0 aromatic carbocycles. The second-order valence-electron chi connectivity index (χ2n) is 9.54. The average molecular weight is 469 g/mol. The van der Waals surface area contributed by atoms with Crippen LogP contribution in [0.2, 0.25) is 0 Å². The Morgan fingerprint density at radius 3 is 1.10 bits per heavy atom. The van der Waals surface area contributed by atoms with E-state index in [1.165, 1.54) is 78.1 Å². The molecule has 0 aromatic heterocycles. The summed E-state index contributed by atoms with van der Waals surface area (Å²) in [7, 11) is -4.92. The van der Waals surface area contributed by atoms with Crippen molar-refractivity contribution >= 4 is 7.60 Å². The molecule has 0 aliphatic rings. The summed E-state index contributed by atoms with van der Waals surface area (Å²) in [5.74, 6) is 0. The lowest BCUT2D eigenvalue weighted by Gasteiger charge is -2.56. The summed E-state index contributed by atoms with van der Waals surface area (Å²) in [6.45, 7) is 7.41. The summed E-state index contributed by atoms with van der Waals surface area (Å²) >= 11 is 0. The van der Waals surface area contributed by atoms with E-state index in [0.717, 1.165) is 25.7 Å². The maximum Gasteiger partial charge on any atom is 0.0693 e. The summed E-state index contributed by atoms with van der Waals surface area (Å²) in [5.41, 5.74) is -1.51. The van der Waals surface area contributed by atoms with Gasteiger partial charge in [0.05, 0.1) is 5.60 Å². The van der Waals surface area contributed by atoms with Gasteiger partial charge in [-0.15, -0.1) is 0 Å². The molecule has 0 spiro atoms. The van der Waals surface area contributed by atoms with Gasteiger partial charge in [-0.25, -0.2) is 0 Å². The molecule has 0 aromatic rings. The minimum absolute atomic E-state index is 0. The molecule has 31 heavy (non-hydrogen) atoms. The van der Waals surface area contributed by atoms with Crippen LogP contribution in [-0.4, -0.2) is 15.9 Å². The van der Waals surface area contributed by atoms with Crippen LogP contribution in [-0.2, 0) is 4.57 Å². The summed E-state index contributed by atoms with van der Waals surface area (Å²) in [5, 5.41) is 9.15. The Kier molecular flexibility index (Phi) is 22.4. The second kappa shape index (κ2) is 19.5. The molecule has 0 saturated carbocycles. The molecule has 0 heterocycles. The molecule has 0 saturated heterocycles. The van der Waals surface area contributed by atoms with Gasteiger partial charge in [0.1, 0.15) is 0 Å². The molecule has 0 atom stereocenters. The third kappa shape index (κ3) is 14.7. The molecule has 0 amide bonds. The average Bonchev–Trinajstić information content (AvgIpc) is 2.62. The van der Waals surface area contributed by atoms with Gasteiger partial charge in [0.25, 0.3) is 0 Å². The maximum absolute atomic E-state index is 12.3. The number of hydrogen-bond acceptors (Lipinski definition) is 4. The van der Waals surface area contributed by atoms with E-state index in [2.05, 4.69) is 13.8 Å². The van der Waals surface area contributed by atoms with Gasteiger partial charge in [-0.3, -0.25) is 0 Å². The topological polar surface area (TPSA) is 156 Å². The van der Waals surface area contributed by atoms with E-state index >= 15 is 0 Å². The summed E-state index contributed by atoms with van der Waals surface area (Å²) in [6, 6.07) is 0. The van der Waals surface area contributed by atoms with Crippen LogP contribution < -0.4 is 22.1 Å². The normalized spacial score (nSPS) is 12.4. The fraction of sp³-hybridized carbons (Fsp3) is 1.00. The fourth-order valence-corrected chi connectivity index (χ4v) is 5.98. The van der Waals surface area contributed by atoms with Gasteiger partial charge in [-0.1, -0.05) is 124 Å². The Balaban J connectivity index is -0.00000392. The van der Waals surface area contributed by atoms with Crippen molar-refractivity contribution in [1.82, 2.24) is 12.3 Å². The number of quaternary nitrogens is 2. The zero-order valence-electron chi connectivity index (χ0n) is 21.8. The Hall–Kier alpha value is 0.0300. The quantitative estimate of drug-likeness (QED) is 0.127. The maximum atomic E-state index is 12.3. The SMILES string of the molecule is CCCCCCCCCCC(CCCCCCCCCC)(C(C)(C)O)P(=O)([O-])[O-].[NH4+].[NH4+]. The molecule has 0 unspecified atom stereocenters. The number of rotatable bonds is 20. The van der Waals surface area contributed by atoms with Crippen molar-refractivity contribution in [2.24, 2.45) is 0 Å². The predicted molar refractivity (Wildman–Crippen MR) is 133 cm³/mol. The summed E-state index contributed by atoms with van der Waals surface area (Å²) in [6.07, 6.45) is 18.3. The van der Waals surface area contributed by atoms with E-state index in [-0.39, 0.29) is 25.1 Å². The Bertz CT molecular complexity index is 416. The molecule has 192 valence electrons. The van der Waals surface area contributed by atoms with Crippen LogP contribution in [0.25, 0.3) is 0 Å². The van der Waals surface area contributed by atoms with Gasteiger partial charge in [0, 0.05) is 5.16 Å². The minimum Gasteiger partial charge on any atom is -0.810 e. The van der Waals surface area contributed by atoms with Gasteiger partial charge in [-0.2, -0.15) is 0 Å². The summed E-state index contributed by atoms with van der Waals surface area (Å²) in [4.78, 5) is 24.6. The van der Waals surface area contributed by atoms with Gasteiger partial charge in [0.15, 0.2) is 0 Å². The largest absolute Gasteiger partial charge is 0.810 e. The van der Waals surface area contributed by atoms with E-state index in [4.69, 9.17) is 0 Å². The standard InChI is InChI=1S/C24H51O4P.2H3N/c1-5-7-9-11-13-15-17-19-21-24(23(3,4)25,29(26,27)28)22-20-18-16-14-12-10-8-6-2;;/h25H,5-22H2,1-4H3,(H2,26,27,28);2*1H3. The monoisotopic (exact) mass is 468 g/mol. The van der Waals surface area contributed by atoms with Crippen molar-refractivity contribution in [3.8, 4) is 0 Å². The first-order valence-corrected chi connectivity index (χ1v) is 13.9. The van der Waals surface area contributed by atoms with Crippen molar-refractivity contribution in [3.63, 3.8) is 0 Å². The minimum atomic E-state index is -4.92. The summed E-state index contributed by atoms with van der Waals surface area (Å²) < 4.78 is 12.3. The second-order valence-corrected chi connectivity index (χ2v) is 11.4. The third-order valence-corrected chi connectivity index (χ3v) is 8.59. The first kappa shape index (κ1) is 35.6. The van der Waals surface area contributed by atoms with Crippen molar-refractivity contribution in [2.45, 2.75) is 154 Å². The predicted octanol–water partition coefficient (Wildman–Crippen LogP) is 7.22. The highest BCUT2D eigenvalue weighted by Crippen LogP contribution is 2.55. The van der Waals surface area contributed by atoms with Gasteiger partial charge >= 0.3 is 0 Å². The molecular formula is C24H57N2O4P. The van der Waals surface area contributed by atoms with Crippen LogP contribution in [0.4, 0.5) is 0 Å². The molecule has 0 bridgehead atoms. The zero-order chi connectivity index (χ0) is 22.2. The van der Waals surface area contributed by atoms with Crippen LogP contribution in [0, 0.1) is 0 Å². The van der Waals surface area contributed by atoms with E-state index < -0.39 is 18.4 Å². The lowest BCUT2D eigenvalue weighted by molar-refractivity contribution is -0.326. The van der Waals surface area contributed by atoms with E-state index in [0.29, 0.717) is 12.8 Å². The molecule has 0 fully saturated rings. The van der Waals surface area contributed by atoms with Crippen LogP contribution in [0.1, 0.15) is 143 Å². The van der Waals surface area contributed by atoms with Crippen LogP contribution >= 0.6 is 7.60 Å². The molecule has 0 radical (unpaired) electrons. The van der Waals surface area contributed by atoms with Crippen LogP contribution in [0.15, 0.2) is 0 Å². The lowest BCUT2D eigenvalue weighted by atomic mass is 9.81. The number of hydrogen-bond donors (Lipinski definition) is 3. The molecule has 0 aliphatic heterocycles. The van der Waals surface area contributed by atoms with E-state index in [1.54, 1.807) is 0 Å². The van der Waals surface area contributed by atoms with E-state index in [1.807, 2.05) is 0 Å².